The van der Waals surface area contributed by atoms with Crippen LogP contribution in [0.1, 0.15) is 18.4 Å². The van der Waals surface area contributed by atoms with Crippen molar-refractivity contribution in [3.8, 4) is 0 Å². The molecule has 144 valence electrons. The summed E-state index contributed by atoms with van der Waals surface area (Å²) < 4.78 is 26.9. The molecule has 0 aliphatic carbocycles. The third-order valence-electron chi connectivity index (χ3n) is 5.33. The monoisotopic (exact) mass is 381 g/mol. The summed E-state index contributed by atoms with van der Waals surface area (Å²) in [5.74, 6) is -0.177. The average Bonchev–Trinajstić information content (AvgIpc) is 3.05. The number of hydrogen-bond acceptors (Lipinski definition) is 5. The largest absolute Gasteiger partial charge is 0.391 e. The molecular weight excluding hydrogens is 354 g/mol. The van der Waals surface area contributed by atoms with E-state index in [0.29, 0.717) is 50.5 Å². The molecule has 2 unspecified atom stereocenters. The van der Waals surface area contributed by atoms with Crippen LogP contribution >= 0.6 is 0 Å². The van der Waals surface area contributed by atoms with E-state index in [4.69, 9.17) is 0 Å². The first-order valence-electron chi connectivity index (χ1n) is 9.11. The second-order valence-electron chi connectivity index (χ2n) is 7.22. The van der Waals surface area contributed by atoms with Crippen molar-refractivity contribution in [1.82, 2.24) is 14.9 Å². The Balaban J connectivity index is 1.51. The number of sulfonamides is 1. The molecule has 0 spiro atoms. The quantitative estimate of drug-likeness (QED) is 0.672. The Kier molecular flexibility index (Phi) is 5.96. The number of amides is 1. The van der Waals surface area contributed by atoms with Gasteiger partial charge in [-0.2, -0.15) is 4.31 Å². The van der Waals surface area contributed by atoms with Crippen LogP contribution in [0.15, 0.2) is 29.2 Å². The first kappa shape index (κ1) is 19.3. The van der Waals surface area contributed by atoms with Crippen molar-refractivity contribution in [2.75, 3.05) is 32.7 Å². The van der Waals surface area contributed by atoms with Crippen molar-refractivity contribution < 1.29 is 18.3 Å². The molecule has 2 saturated heterocycles. The Morgan fingerprint density at radius 2 is 1.88 bits per heavy atom. The number of aliphatic hydroxyl groups is 1. The highest BCUT2D eigenvalue weighted by Crippen LogP contribution is 2.24. The van der Waals surface area contributed by atoms with E-state index in [1.807, 2.05) is 6.92 Å². The van der Waals surface area contributed by atoms with Crippen LogP contribution < -0.4 is 10.6 Å². The maximum Gasteiger partial charge on any atom is 0.243 e. The lowest BCUT2D eigenvalue weighted by atomic mass is 9.97. The normalized spacial score (nSPS) is 25.3. The molecule has 2 heterocycles. The zero-order valence-electron chi connectivity index (χ0n) is 15.0. The van der Waals surface area contributed by atoms with E-state index in [9.17, 15) is 18.3 Å². The molecule has 1 aromatic rings. The van der Waals surface area contributed by atoms with Crippen molar-refractivity contribution in [3.63, 3.8) is 0 Å². The van der Waals surface area contributed by atoms with Gasteiger partial charge in [0.2, 0.25) is 15.9 Å². The summed E-state index contributed by atoms with van der Waals surface area (Å²) in [7, 11) is -3.50. The molecule has 0 aromatic heterocycles. The molecule has 8 heteroatoms. The minimum absolute atomic E-state index is 0.0426. The lowest BCUT2D eigenvalue weighted by molar-refractivity contribution is -0.126. The summed E-state index contributed by atoms with van der Waals surface area (Å²) in [5.41, 5.74) is 1.02. The number of carbonyl (C=O) groups excluding carboxylic acids is 1. The van der Waals surface area contributed by atoms with E-state index in [1.54, 1.807) is 24.3 Å². The van der Waals surface area contributed by atoms with E-state index in [2.05, 4.69) is 10.6 Å². The van der Waals surface area contributed by atoms with Crippen molar-refractivity contribution in [2.45, 2.75) is 30.8 Å². The second-order valence-corrected chi connectivity index (χ2v) is 9.16. The molecule has 0 saturated carbocycles. The number of nitrogens with one attached hydrogen (secondary N) is 2. The van der Waals surface area contributed by atoms with Crippen LogP contribution in [0.2, 0.25) is 0 Å². The number of nitrogens with zero attached hydrogens (tertiary/aromatic N) is 1. The van der Waals surface area contributed by atoms with Crippen molar-refractivity contribution in [2.24, 2.45) is 11.8 Å². The summed E-state index contributed by atoms with van der Waals surface area (Å²) >= 11 is 0. The van der Waals surface area contributed by atoms with Crippen LogP contribution in [0.25, 0.3) is 0 Å². The first-order chi connectivity index (χ1) is 12.4. The summed E-state index contributed by atoms with van der Waals surface area (Å²) in [6.07, 6.45) is 0.613. The molecule has 26 heavy (non-hydrogen) atoms. The predicted molar refractivity (Wildman–Crippen MR) is 98.0 cm³/mol. The van der Waals surface area contributed by atoms with Gasteiger partial charge < -0.3 is 15.7 Å². The molecule has 0 bridgehead atoms. The maximum atomic E-state index is 12.7. The van der Waals surface area contributed by atoms with Gasteiger partial charge in [0.1, 0.15) is 0 Å². The van der Waals surface area contributed by atoms with E-state index in [-0.39, 0.29) is 17.7 Å². The molecule has 1 aromatic carbocycles. The summed E-state index contributed by atoms with van der Waals surface area (Å²) in [4.78, 5) is 12.6. The number of benzene rings is 1. The Morgan fingerprint density at radius 1 is 1.23 bits per heavy atom. The standard InChI is InChI=1S/C18H27N3O4S/c1-13-2-4-16(5-3-13)26(24,25)21-8-6-14(7-9-21)18(23)20-11-15-10-19-12-17(15)22/h2-5,14-15,17,19,22H,6-12H2,1H3,(H,20,23). The molecule has 2 aliphatic heterocycles. The van der Waals surface area contributed by atoms with Gasteiger partial charge in [0.15, 0.2) is 0 Å². The molecule has 2 atom stereocenters. The summed E-state index contributed by atoms with van der Waals surface area (Å²) in [6, 6.07) is 6.84. The van der Waals surface area contributed by atoms with Gasteiger partial charge >= 0.3 is 0 Å². The fourth-order valence-electron chi connectivity index (χ4n) is 3.52. The van der Waals surface area contributed by atoms with Gasteiger partial charge in [-0.05, 0) is 31.9 Å². The van der Waals surface area contributed by atoms with Crippen LogP contribution in [-0.4, -0.2) is 62.6 Å². The van der Waals surface area contributed by atoms with E-state index in [1.165, 1.54) is 4.31 Å². The van der Waals surface area contributed by atoms with Crippen LogP contribution in [0.4, 0.5) is 0 Å². The predicted octanol–water partition coefficient (Wildman–Crippen LogP) is 0.0922. The number of aryl methyl sites for hydroxylation is 1. The highest BCUT2D eigenvalue weighted by atomic mass is 32.2. The molecule has 1 amide bonds. The van der Waals surface area contributed by atoms with Gasteiger partial charge in [0.25, 0.3) is 0 Å². The molecule has 0 radical (unpaired) electrons. The molecule has 2 aliphatic rings. The topological polar surface area (TPSA) is 98.7 Å². The Hall–Kier alpha value is -1.48. The SMILES string of the molecule is Cc1ccc(S(=O)(=O)N2CCC(C(=O)NCC3CNCC3O)CC2)cc1. The maximum absolute atomic E-state index is 12.7. The van der Waals surface area contributed by atoms with Gasteiger partial charge in [-0.1, -0.05) is 17.7 Å². The van der Waals surface area contributed by atoms with Crippen LogP contribution in [0.5, 0.6) is 0 Å². The van der Waals surface area contributed by atoms with Gasteiger partial charge in [-0.25, -0.2) is 8.42 Å². The Labute approximate surface area is 154 Å². The Morgan fingerprint density at radius 3 is 2.46 bits per heavy atom. The van der Waals surface area contributed by atoms with Crippen LogP contribution in [0.3, 0.4) is 0 Å². The highest BCUT2D eigenvalue weighted by Gasteiger charge is 2.33. The summed E-state index contributed by atoms with van der Waals surface area (Å²) in [6.45, 7) is 4.34. The van der Waals surface area contributed by atoms with Crippen molar-refractivity contribution in [1.29, 1.82) is 0 Å². The van der Waals surface area contributed by atoms with Crippen molar-refractivity contribution >= 4 is 15.9 Å². The second kappa shape index (κ2) is 8.04. The molecule has 3 N–H and O–H groups in total. The number of hydrogen-bond donors (Lipinski definition) is 3. The highest BCUT2D eigenvalue weighted by molar-refractivity contribution is 7.89. The lowest BCUT2D eigenvalue weighted by Gasteiger charge is -2.30. The number of β-amino-alcohol motifs (C(OH)–C–C–N with tert-alkyl or cyclic N) is 1. The minimum atomic E-state index is -3.50. The van der Waals surface area contributed by atoms with E-state index >= 15 is 0 Å². The number of rotatable bonds is 5. The third kappa shape index (κ3) is 4.25. The van der Waals surface area contributed by atoms with E-state index < -0.39 is 16.1 Å². The zero-order chi connectivity index (χ0) is 18.7. The van der Waals surface area contributed by atoms with Gasteiger partial charge in [0, 0.05) is 44.6 Å². The van der Waals surface area contributed by atoms with E-state index in [0.717, 1.165) is 5.56 Å². The van der Waals surface area contributed by atoms with Crippen molar-refractivity contribution in [3.05, 3.63) is 29.8 Å². The molecule has 3 rings (SSSR count). The average molecular weight is 381 g/mol. The lowest BCUT2D eigenvalue weighted by Crippen LogP contribution is -2.44. The number of piperidine rings is 1. The Bertz CT molecular complexity index is 727. The van der Waals surface area contributed by atoms with Gasteiger partial charge in [-0.15, -0.1) is 0 Å². The smallest absolute Gasteiger partial charge is 0.243 e. The summed E-state index contributed by atoms with van der Waals surface area (Å²) in [5, 5.41) is 15.8. The van der Waals surface area contributed by atoms with Crippen LogP contribution in [0, 0.1) is 18.8 Å². The number of aliphatic hydroxyl groups excluding tert-OH is 1. The fourth-order valence-corrected chi connectivity index (χ4v) is 4.99. The fraction of sp³-hybridized carbons (Fsp3) is 0.611. The number of carbonyl (C=O) groups is 1. The zero-order valence-corrected chi connectivity index (χ0v) is 15.8. The molecule has 7 nitrogen and oxygen atoms in total. The van der Waals surface area contributed by atoms with Gasteiger partial charge in [0.05, 0.1) is 11.0 Å². The minimum Gasteiger partial charge on any atom is -0.391 e. The third-order valence-corrected chi connectivity index (χ3v) is 7.24. The molecular formula is C18H27N3O4S. The first-order valence-corrected chi connectivity index (χ1v) is 10.6. The van der Waals surface area contributed by atoms with Crippen LogP contribution in [-0.2, 0) is 14.8 Å². The molecule has 2 fully saturated rings. The van der Waals surface area contributed by atoms with Gasteiger partial charge in [-0.3, -0.25) is 4.79 Å².